The zero-order valence-corrected chi connectivity index (χ0v) is 12.3. The van der Waals surface area contributed by atoms with Crippen molar-refractivity contribution in [2.45, 2.75) is 44.4 Å². The number of carbonyl (C=O) groups is 1. The Balaban J connectivity index is 3.90. The van der Waals surface area contributed by atoms with Crippen LogP contribution in [0.4, 0.5) is 0 Å². The molecule has 2 radical (unpaired) electrons. The molecule has 0 saturated carbocycles. The van der Waals surface area contributed by atoms with Crippen molar-refractivity contribution in [2.24, 2.45) is 5.73 Å². The van der Waals surface area contributed by atoms with Crippen LogP contribution >= 0.6 is 0 Å². The zero-order chi connectivity index (χ0) is 15.5. The Morgan fingerprint density at radius 3 is 2.25 bits per heavy atom. The molecule has 3 atom stereocenters. The number of aliphatic hydroxyl groups excluding tert-OH is 2. The highest BCUT2D eigenvalue weighted by Gasteiger charge is 2.15. The summed E-state index contributed by atoms with van der Waals surface area (Å²) in [5.41, 5.74) is 5.69. The molecular formula is C14H28N2O4. The third kappa shape index (κ3) is 10.1. The van der Waals surface area contributed by atoms with Crippen LogP contribution in [-0.2, 0) is 9.53 Å². The second-order valence-corrected chi connectivity index (χ2v) is 4.92. The molecule has 0 heterocycles. The second-order valence-electron chi connectivity index (χ2n) is 4.92. The number of nitrogens with two attached hydrogens (primary N) is 1. The topological polar surface area (TPSA) is 96.0 Å². The number of nitrogens with zero attached hydrogens (tertiary/aromatic N) is 1. The van der Waals surface area contributed by atoms with Crippen molar-refractivity contribution in [2.75, 3.05) is 26.2 Å². The molecule has 0 aromatic heterocycles. The number of hydrogen-bond acceptors (Lipinski definition) is 6. The van der Waals surface area contributed by atoms with Crippen LogP contribution in [0.15, 0.2) is 0 Å². The van der Waals surface area contributed by atoms with Gasteiger partial charge in [-0.1, -0.05) is 6.42 Å². The van der Waals surface area contributed by atoms with Gasteiger partial charge in [-0.2, -0.15) is 0 Å². The lowest BCUT2D eigenvalue weighted by atomic mass is 10.1. The molecule has 0 aliphatic carbocycles. The van der Waals surface area contributed by atoms with E-state index in [4.69, 9.17) is 10.5 Å². The van der Waals surface area contributed by atoms with Gasteiger partial charge in [0.15, 0.2) is 0 Å². The Labute approximate surface area is 121 Å². The Kier molecular flexibility index (Phi) is 10.6. The van der Waals surface area contributed by atoms with Gasteiger partial charge in [-0.15, -0.1) is 0 Å². The number of carbonyl (C=O) groups excluding carboxylic acids is 1. The molecule has 0 saturated heterocycles. The Bertz CT molecular complexity index is 250. The number of esters is 1. The van der Waals surface area contributed by atoms with Crippen molar-refractivity contribution in [1.82, 2.24) is 4.90 Å². The van der Waals surface area contributed by atoms with Crippen LogP contribution in [0.1, 0.15) is 26.2 Å². The molecule has 0 aromatic rings. The van der Waals surface area contributed by atoms with Gasteiger partial charge in [-0.05, 0) is 40.2 Å². The first-order chi connectivity index (χ1) is 9.36. The van der Waals surface area contributed by atoms with E-state index in [2.05, 4.69) is 13.8 Å². The molecule has 0 spiro atoms. The van der Waals surface area contributed by atoms with Crippen LogP contribution in [0, 0.1) is 13.8 Å². The highest BCUT2D eigenvalue weighted by Crippen LogP contribution is 2.04. The van der Waals surface area contributed by atoms with E-state index in [9.17, 15) is 15.0 Å². The summed E-state index contributed by atoms with van der Waals surface area (Å²) >= 11 is 0. The fraction of sp³-hybridized carbons (Fsp3) is 0.786. The quantitative estimate of drug-likeness (QED) is 0.358. The number of unbranched alkanes of at least 4 members (excludes halogenated alkanes) is 1. The largest absolute Gasteiger partial charge is 0.465 e. The van der Waals surface area contributed by atoms with Gasteiger partial charge in [0, 0.05) is 13.1 Å². The number of hydrogen-bond donors (Lipinski definition) is 3. The molecule has 0 amide bonds. The first-order valence-electron chi connectivity index (χ1n) is 7.03. The minimum Gasteiger partial charge on any atom is -0.465 e. The molecular weight excluding hydrogens is 260 g/mol. The van der Waals surface area contributed by atoms with E-state index in [-0.39, 0.29) is 5.97 Å². The van der Waals surface area contributed by atoms with Crippen molar-refractivity contribution < 1.29 is 19.7 Å². The van der Waals surface area contributed by atoms with E-state index in [1.165, 1.54) is 0 Å². The minimum absolute atomic E-state index is 0.336. The Hall–Kier alpha value is -0.690. The van der Waals surface area contributed by atoms with Crippen LogP contribution in [-0.4, -0.2) is 65.6 Å². The molecule has 0 rings (SSSR count). The maximum Gasteiger partial charge on any atom is 0.322 e. The molecule has 0 aromatic carbocycles. The monoisotopic (exact) mass is 288 g/mol. The Morgan fingerprint density at radius 1 is 1.25 bits per heavy atom. The van der Waals surface area contributed by atoms with E-state index in [1.807, 2.05) is 4.90 Å². The lowest BCUT2D eigenvalue weighted by Crippen LogP contribution is -2.37. The predicted octanol–water partition coefficient (Wildman–Crippen LogP) is -0.261. The lowest BCUT2D eigenvalue weighted by molar-refractivity contribution is -0.144. The molecule has 3 unspecified atom stereocenters. The van der Waals surface area contributed by atoms with E-state index in [0.717, 1.165) is 12.8 Å². The van der Waals surface area contributed by atoms with Gasteiger partial charge in [0.25, 0.3) is 0 Å². The maximum atomic E-state index is 11.3. The van der Waals surface area contributed by atoms with E-state index in [1.54, 1.807) is 6.92 Å². The molecule has 6 nitrogen and oxygen atoms in total. The fourth-order valence-corrected chi connectivity index (χ4v) is 1.92. The first kappa shape index (κ1) is 19.3. The van der Waals surface area contributed by atoms with Crippen molar-refractivity contribution in [3.63, 3.8) is 0 Å². The molecule has 0 bridgehead atoms. The molecule has 20 heavy (non-hydrogen) atoms. The fourth-order valence-electron chi connectivity index (χ4n) is 1.92. The van der Waals surface area contributed by atoms with Crippen molar-refractivity contribution in [3.8, 4) is 0 Å². The number of aliphatic hydroxyl groups is 2. The number of ether oxygens (including phenoxy) is 1. The van der Waals surface area contributed by atoms with E-state index < -0.39 is 18.2 Å². The molecule has 0 aliphatic rings. The Morgan fingerprint density at radius 2 is 1.80 bits per heavy atom. The maximum absolute atomic E-state index is 11.3. The summed E-state index contributed by atoms with van der Waals surface area (Å²) in [5.74, 6) is -0.370. The van der Waals surface area contributed by atoms with Gasteiger partial charge in [0.2, 0.25) is 0 Å². The molecule has 4 N–H and O–H groups in total. The standard InChI is InChI=1S/C14H28N2O4/c1-4-20-14(19)13(15)7-5-6-8-16(9-11(2)17)10-12(3)18/h11-13,17-18H,2-10,15H2,1H3. The van der Waals surface area contributed by atoms with Crippen LogP contribution in [0.25, 0.3) is 0 Å². The van der Waals surface area contributed by atoms with Crippen LogP contribution in [0.5, 0.6) is 0 Å². The third-order valence-electron chi connectivity index (χ3n) is 2.77. The average Bonchev–Trinajstić information content (AvgIpc) is 2.32. The van der Waals surface area contributed by atoms with Gasteiger partial charge in [0.05, 0.1) is 18.8 Å². The van der Waals surface area contributed by atoms with Crippen molar-refractivity contribution in [1.29, 1.82) is 0 Å². The second kappa shape index (κ2) is 11.0. The summed E-state index contributed by atoms with van der Waals surface area (Å²) < 4.78 is 4.83. The minimum atomic E-state index is -0.699. The summed E-state index contributed by atoms with van der Waals surface area (Å²) in [4.78, 5) is 13.2. The van der Waals surface area contributed by atoms with E-state index in [0.29, 0.717) is 32.7 Å². The van der Waals surface area contributed by atoms with Gasteiger partial charge in [-0.25, -0.2) is 0 Å². The lowest BCUT2D eigenvalue weighted by Gasteiger charge is -2.25. The highest BCUT2D eigenvalue weighted by atomic mass is 16.5. The third-order valence-corrected chi connectivity index (χ3v) is 2.77. The first-order valence-corrected chi connectivity index (χ1v) is 7.03. The normalized spacial score (nSPS) is 15.9. The molecule has 6 heteroatoms. The zero-order valence-electron chi connectivity index (χ0n) is 12.3. The summed E-state index contributed by atoms with van der Waals surface area (Å²) in [6.45, 7) is 10.6. The average molecular weight is 288 g/mol. The van der Waals surface area contributed by atoms with Crippen LogP contribution < -0.4 is 5.73 Å². The van der Waals surface area contributed by atoms with Crippen molar-refractivity contribution in [3.05, 3.63) is 13.8 Å². The van der Waals surface area contributed by atoms with E-state index >= 15 is 0 Å². The summed E-state index contributed by atoms with van der Waals surface area (Å²) in [6.07, 6.45) is 0.752. The SMILES string of the molecule is [CH2]C(O)CN(CCCCC(N)C(=O)OCC)CC([CH2])O. The molecule has 0 fully saturated rings. The summed E-state index contributed by atoms with van der Waals surface area (Å²) in [6, 6.07) is -0.583. The highest BCUT2D eigenvalue weighted by molar-refractivity contribution is 5.75. The van der Waals surface area contributed by atoms with Gasteiger partial charge in [0.1, 0.15) is 6.04 Å². The summed E-state index contributed by atoms with van der Waals surface area (Å²) in [7, 11) is 0. The van der Waals surface area contributed by atoms with Gasteiger partial charge < -0.3 is 20.7 Å². The summed E-state index contributed by atoms with van der Waals surface area (Å²) in [5, 5.41) is 18.6. The van der Waals surface area contributed by atoms with Crippen molar-refractivity contribution >= 4 is 5.97 Å². The van der Waals surface area contributed by atoms with Gasteiger partial charge in [-0.3, -0.25) is 9.69 Å². The predicted molar refractivity (Wildman–Crippen MR) is 77.6 cm³/mol. The molecule has 118 valence electrons. The van der Waals surface area contributed by atoms with Gasteiger partial charge >= 0.3 is 5.97 Å². The van der Waals surface area contributed by atoms with Crippen LogP contribution in [0.2, 0.25) is 0 Å². The number of rotatable bonds is 11. The smallest absolute Gasteiger partial charge is 0.322 e. The van der Waals surface area contributed by atoms with Crippen LogP contribution in [0.3, 0.4) is 0 Å². The molecule has 0 aliphatic heterocycles.